The molecule has 3 aromatic rings. The van der Waals surface area contributed by atoms with Gasteiger partial charge in [0.1, 0.15) is 4.90 Å². The zero-order valence-corrected chi connectivity index (χ0v) is 12.4. The number of aromatic nitrogens is 2. The number of aromatic amines is 1. The molecule has 0 saturated carbocycles. The molecule has 8 heteroatoms. The third-order valence-corrected chi connectivity index (χ3v) is 4.84. The Kier molecular flexibility index (Phi) is 3.36. The number of rotatable bonds is 3. The molecule has 1 aromatic heterocycles. The minimum atomic E-state index is -3.84. The van der Waals surface area contributed by atoms with Crippen molar-refractivity contribution in [2.75, 3.05) is 5.73 Å². The molecule has 0 atom stereocenters. The average molecular weight is 320 g/mol. The van der Waals surface area contributed by atoms with Crippen LogP contribution in [0.25, 0.3) is 11.0 Å². The zero-order chi connectivity index (χ0) is 15.0. The first-order chi connectivity index (χ1) is 9.95. The Morgan fingerprint density at radius 1 is 1.10 bits per heavy atom. The normalized spacial score (nSPS) is 11.9. The van der Waals surface area contributed by atoms with Crippen LogP contribution in [0.5, 0.6) is 0 Å². The Balaban J connectivity index is 2.02. The van der Waals surface area contributed by atoms with E-state index in [4.69, 9.17) is 10.9 Å². The molecular formula is C13H12N4O2S2. The highest BCUT2D eigenvalue weighted by molar-refractivity contribution is 7.99. The molecule has 21 heavy (non-hydrogen) atoms. The van der Waals surface area contributed by atoms with E-state index < -0.39 is 10.0 Å². The summed E-state index contributed by atoms with van der Waals surface area (Å²) < 4.78 is 22.9. The van der Waals surface area contributed by atoms with Crippen molar-refractivity contribution >= 4 is 38.5 Å². The van der Waals surface area contributed by atoms with Gasteiger partial charge in [-0.2, -0.15) is 0 Å². The van der Waals surface area contributed by atoms with Gasteiger partial charge in [0.25, 0.3) is 0 Å². The van der Waals surface area contributed by atoms with Gasteiger partial charge in [0.05, 0.1) is 16.7 Å². The fraction of sp³-hybridized carbons (Fsp3) is 0. The maximum Gasteiger partial charge on any atom is 0.240 e. The number of nitrogen functional groups attached to an aromatic ring is 1. The number of benzene rings is 2. The average Bonchev–Trinajstić information content (AvgIpc) is 2.82. The summed E-state index contributed by atoms with van der Waals surface area (Å²) in [6.07, 6.45) is 0. The summed E-state index contributed by atoms with van der Waals surface area (Å²) >= 11 is 1.26. The maximum atomic E-state index is 11.5. The molecule has 0 amide bonds. The number of nitrogens with two attached hydrogens (primary N) is 2. The lowest BCUT2D eigenvalue weighted by molar-refractivity contribution is 0.598. The summed E-state index contributed by atoms with van der Waals surface area (Å²) in [5, 5.41) is 5.77. The fourth-order valence-corrected chi connectivity index (χ4v) is 3.57. The summed E-state index contributed by atoms with van der Waals surface area (Å²) in [4.78, 5) is 8.06. The summed E-state index contributed by atoms with van der Waals surface area (Å²) in [5.41, 5.74) is 7.76. The van der Waals surface area contributed by atoms with E-state index in [0.717, 1.165) is 11.0 Å². The number of primary sulfonamides is 1. The van der Waals surface area contributed by atoms with E-state index in [0.29, 0.717) is 10.1 Å². The second-order valence-electron chi connectivity index (χ2n) is 4.37. The highest BCUT2D eigenvalue weighted by atomic mass is 32.2. The van der Waals surface area contributed by atoms with Gasteiger partial charge in [-0.3, -0.25) is 0 Å². The Morgan fingerprint density at radius 2 is 1.86 bits per heavy atom. The van der Waals surface area contributed by atoms with Gasteiger partial charge in [-0.25, -0.2) is 18.5 Å². The molecule has 0 saturated heterocycles. The molecule has 108 valence electrons. The first kappa shape index (κ1) is 13.9. The first-order valence-electron chi connectivity index (χ1n) is 5.99. The van der Waals surface area contributed by atoms with Crippen LogP contribution >= 0.6 is 11.8 Å². The zero-order valence-electron chi connectivity index (χ0n) is 10.8. The van der Waals surface area contributed by atoms with Gasteiger partial charge in [0, 0.05) is 4.90 Å². The van der Waals surface area contributed by atoms with Crippen molar-refractivity contribution in [1.82, 2.24) is 9.97 Å². The van der Waals surface area contributed by atoms with Crippen LogP contribution in [0.2, 0.25) is 0 Å². The standard InChI is InChI=1S/C13H12N4O2S2/c14-12-10(6-3-7-11(12)21(15,18)19)20-13-16-8-4-1-2-5-9(8)17-13/h1-7H,14H2,(H,16,17)(H2,15,18,19). The quantitative estimate of drug-likeness (QED) is 0.638. The van der Waals surface area contributed by atoms with Crippen molar-refractivity contribution in [3.8, 4) is 0 Å². The molecule has 0 spiro atoms. The maximum absolute atomic E-state index is 11.5. The molecule has 0 unspecified atom stereocenters. The number of sulfonamides is 1. The smallest absolute Gasteiger partial charge is 0.240 e. The third-order valence-electron chi connectivity index (χ3n) is 2.91. The molecule has 2 aromatic carbocycles. The lowest BCUT2D eigenvalue weighted by Crippen LogP contribution is -2.14. The number of anilines is 1. The molecule has 0 fully saturated rings. The van der Waals surface area contributed by atoms with Crippen LogP contribution in [0.4, 0.5) is 5.69 Å². The molecule has 3 rings (SSSR count). The fourth-order valence-electron chi connectivity index (χ4n) is 1.94. The Morgan fingerprint density at radius 3 is 2.57 bits per heavy atom. The van der Waals surface area contributed by atoms with E-state index in [2.05, 4.69) is 9.97 Å². The van der Waals surface area contributed by atoms with E-state index >= 15 is 0 Å². The van der Waals surface area contributed by atoms with E-state index in [-0.39, 0.29) is 10.6 Å². The van der Waals surface area contributed by atoms with Crippen LogP contribution in [-0.4, -0.2) is 18.4 Å². The number of hydrogen-bond acceptors (Lipinski definition) is 5. The SMILES string of the molecule is Nc1c(Sc2nc3ccccc3[nH]2)cccc1S(N)(=O)=O. The lowest BCUT2D eigenvalue weighted by atomic mass is 10.3. The van der Waals surface area contributed by atoms with Crippen LogP contribution in [0.1, 0.15) is 0 Å². The Bertz CT molecular complexity index is 886. The summed E-state index contributed by atoms with van der Waals surface area (Å²) in [6, 6.07) is 12.3. The van der Waals surface area contributed by atoms with Gasteiger partial charge in [-0.05, 0) is 36.0 Å². The summed E-state index contributed by atoms with van der Waals surface area (Å²) in [7, 11) is -3.84. The molecule has 0 aliphatic rings. The van der Waals surface area contributed by atoms with Gasteiger partial charge in [-0.1, -0.05) is 18.2 Å². The monoisotopic (exact) mass is 320 g/mol. The second kappa shape index (κ2) is 5.06. The van der Waals surface area contributed by atoms with Gasteiger partial charge in [-0.15, -0.1) is 0 Å². The Hall–Kier alpha value is -2.03. The van der Waals surface area contributed by atoms with Crippen molar-refractivity contribution in [3.05, 3.63) is 42.5 Å². The van der Waals surface area contributed by atoms with Gasteiger partial charge in [0.15, 0.2) is 5.16 Å². The largest absolute Gasteiger partial charge is 0.397 e. The van der Waals surface area contributed by atoms with Crippen molar-refractivity contribution in [3.63, 3.8) is 0 Å². The van der Waals surface area contributed by atoms with Crippen molar-refractivity contribution in [2.45, 2.75) is 14.9 Å². The summed E-state index contributed by atoms with van der Waals surface area (Å²) in [5.74, 6) is 0. The van der Waals surface area contributed by atoms with Gasteiger partial charge < -0.3 is 10.7 Å². The highest BCUT2D eigenvalue weighted by Gasteiger charge is 2.16. The van der Waals surface area contributed by atoms with Gasteiger partial charge in [0.2, 0.25) is 10.0 Å². The predicted molar refractivity (Wildman–Crippen MR) is 82.4 cm³/mol. The number of para-hydroxylation sites is 3. The number of H-pyrrole nitrogens is 1. The molecule has 0 aliphatic carbocycles. The molecule has 5 N–H and O–H groups in total. The summed E-state index contributed by atoms with van der Waals surface area (Å²) in [6.45, 7) is 0. The molecule has 0 aliphatic heterocycles. The lowest BCUT2D eigenvalue weighted by Gasteiger charge is -2.07. The minimum Gasteiger partial charge on any atom is -0.397 e. The van der Waals surface area contributed by atoms with E-state index in [9.17, 15) is 8.42 Å². The van der Waals surface area contributed by atoms with E-state index in [1.165, 1.54) is 17.8 Å². The van der Waals surface area contributed by atoms with Crippen molar-refractivity contribution in [1.29, 1.82) is 0 Å². The van der Waals surface area contributed by atoms with Crippen LogP contribution in [0.3, 0.4) is 0 Å². The molecule has 0 bridgehead atoms. The number of hydrogen-bond donors (Lipinski definition) is 3. The van der Waals surface area contributed by atoms with Crippen molar-refractivity contribution in [2.24, 2.45) is 5.14 Å². The van der Waals surface area contributed by atoms with Crippen LogP contribution in [0, 0.1) is 0 Å². The van der Waals surface area contributed by atoms with Crippen LogP contribution < -0.4 is 10.9 Å². The van der Waals surface area contributed by atoms with E-state index in [1.807, 2.05) is 24.3 Å². The van der Waals surface area contributed by atoms with Gasteiger partial charge >= 0.3 is 0 Å². The van der Waals surface area contributed by atoms with E-state index in [1.54, 1.807) is 12.1 Å². The number of nitrogens with one attached hydrogen (secondary N) is 1. The van der Waals surface area contributed by atoms with Crippen molar-refractivity contribution < 1.29 is 8.42 Å². The van der Waals surface area contributed by atoms with Crippen LogP contribution in [-0.2, 0) is 10.0 Å². The topological polar surface area (TPSA) is 115 Å². The number of fused-ring (bicyclic) bond motifs is 1. The molecule has 1 heterocycles. The number of nitrogens with zero attached hydrogens (tertiary/aromatic N) is 1. The predicted octanol–water partition coefficient (Wildman–Crippen LogP) is 1.94. The third kappa shape index (κ3) is 2.73. The molecular weight excluding hydrogens is 308 g/mol. The minimum absolute atomic E-state index is 0.0800. The Labute approximate surface area is 125 Å². The number of imidazole rings is 1. The first-order valence-corrected chi connectivity index (χ1v) is 8.35. The molecule has 0 radical (unpaired) electrons. The highest BCUT2D eigenvalue weighted by Crippen LogP contribution is 2.34. The second-order valence-corrected chi connectivity index (χ2v) is 6.93. The molecule has 6 nitrogen and oxygen atoms in total. The van der Waals surface area contributed by atoms with Crippen LogP contribution in [0.15, 0.2) is 57.4 Å².